The van der Waals surface area contributed by atoms with Gasteiger partial charge in [0, 0.05) is 18.3 Å². The Morgan fingerprint density at radius 3 is 2.21 bits per heavy atom. The van der Waals surface area contributed by atoms with E-state index in [1.807, 2.05) is 6.92 Å². The third kappa shape index (κ3) is 3.30. The summed E-state index contributed by atoms with van der Waals surface area (Å²) in [5, 5.41) is 0. The molecule has 0 amide bonds. The summed E-state index contributed by atoms with van der Waals surface area (Å²) in [4.78, 5) is 0.0489. The standard InChI is InChI=1S/C13H16F2O3S/c1-10-3-5-11(6-4-10)19(16,17)18-9-12(2)7-13(14,15)8-12/h3-6H,7-9H2,1-2H3. The van der Waals surface area contributed by atoms with Gasteiger partial charge in [0.25, 0.3) is 10.1 Å². The molecule has 6 heteroatoms. The van der Waals surface area contributed by atoms with Crippen LogP contribution < -0.4 is 0 Å². The summed E-state index contributed by atoms with van der Waals surface area (Å²) in [7, 11) is -3.87. The van der Waals surface area contributed by atoms with Crippen molar-refractivity contribution in [1.29, 1.82) is 0 Å². The van der Waals surface area contributed by atoms with Gasteiger partial charge in [0.1, 0.15) is 0 Å². The highest BCUT2D eigenvalue weighted by atomic mass is 32.2. The Balaban J connectivity index is 2.01. The summed E-state index contributed by atoms with van der Waals surface area (Å²) in [6, 6.07) is 6.22. The van der Waals surface area contributed by atoms with Gasteiger partial charge in [0.05, 0.1) is 11.5 Å². The second kappa shape index (κ2) is 4.52. The van der Waals surface area contributed by atoms with Gasteiger partial charge in [-0.2, -0.15) is 8.42 Å². The Kier molecular flexibility index (Phi) is 3.43. The molecule has 1 aromatic carbocycles. The molecular formula is C13H16F2O3S. The van der Waals surface area contributed by atoms with Gasteiger partial charge in [-0.1, -0.05) is 24.6 Å². The van der Waals surface area contributed by atoms with Crippen molar-refractivity contribution in [2.24, 2.45) is 5.41 Å². The quantitative estimate of drug-likeness (QED) is 0.800. The molecular weight excluding hydrogens is 274 g/mol. The van der Waals surface area contributed by atoms with Crippen LogP contribution in [0, 0.1) is 12.3 Å². The molecule has 0 spiro atoms. The van der Waals surface area contributed by atoms with Gasteiger partial charge in [0.15, 0.2) is 0 Å². The van der Waals surface area contributed by atoms with Crippen LogP contribution in [0.3, 0.4) is 0 Å². The Morgan fingerprint density at radius 2 is 1.74 bits per heavy atom. The van der Waals surface area contributed by atoms with Crippen LogP contribution in [-0.4, -0.2) is 20.9 Å². The molecule has 0 aromatic heterocycles. The summed E-state index contributed by atoms with van der Waals surface area (Å²) >= 11 is 0. The maximum atomic E-state index is 12.8. The molecule has 3 nitrogen and oxygen atoms in total. The first-order valence-corrected chi connectivity index (χ1v) is 7.37. The van der Waals surface area contributed by atoms with E-state index in [-0.39, 0.29) is 24.3 Å². The predicted molar refractivity (Wildman–Crippen MR) is 66.6 cm³/mol. The summed E-state index contributed by atoms with van der Waals surface area (Å²) in [5.74, 6) is -2.69. The number of hydrogen-bond acceptors (Lipinski definition) is 3. The molecule has 0 unspecified atom stereocenters. The highest BCUT2D eigenvalue weighted by Gasteiger charge is 2.54. The van der Waals surface area contributed by atoms with Crippen molar-refractivity contribution >= 4 is 10.1 Å². The Morgan fingerprint density at radius 1 is 1.21 bits per heavy atom. The van der Waals surface area contributed by atoms with Gasteiger partial charge in [-0.15, -0.1) is 0 Å². The molecule has 1 saturated carbocycles. The highest BCUT2D eigenvalue weighted by molar-refractivity contribution is 7.86. The van der Waals surface area contributed by atoms with Crippen LogP contribution in [0.5, 0.6) is 0 Å². The Hall–Kier alpha value is -1.01. The number of alkyl halides is 2. The SMILES string of the molecule is Cc1ccc(S(=O)(=O)OCC2(C)CC(F)(F)C2)cc1. The zero-order valence-corrected chi connectivity index (χ0v) is 11.6. The molecule has 0 atom stereocenters. The lowest BCUT2D eigenvalue weighted by molar-refractivity contribution is -0.164. The molecule has 0 N–H and O–H groups in total. The second-order valence-electron chi connectivity index (χ2n) is 5.55. The fourth-order valence-corrected chi connectivity index (χ4v) is 3.34. The summed E-state index contributed by atoms with van der Waals surface area (Å²) < 4.78 is 54.3. The van der Waals surface area contributed by atoms with Gasteiger partial charge >= 0.3 is 0 Å². The van der Waals surface area contributed by atoms with E-state index in [9.17, 15) is 17.2 Å². The van der Waals surface area contributed by atoms with Crippen LogP contribution >= 0.6 is 0 Å². The van der Waals surface area contributed by atoms with Crippen molar-refractivity contribution in [2.45, 2.75) is 37.5 Å². The topological polar surface area (TPSA) is 43.4 Å². The molecule has 106 valence electrons. The third-order valence-corrected chi connectivity index (χ3v) is 4.52. The Bertz CT molecular complexity index is 556. The third-order valence-electron chi connectivity index (χ3n) is 3.24. The van der Waals surface area contributed by atoms with Crippen LogP contribution in [0.1, 0.15) is 25.3 Å². The molecule has 0 heterocycles. The molecule has 1 aliphatic carbocycles. The fraction of sp³-hybridized carbons (Fsp3) is 0.538. The lowest BCUT2D eigenvalue weighted by Crippen LogP contribution is -2.47. The van der Waals surface area contributed by atoms with Crippen LogP contribution in [-0.2, 0) is 14.3 Å². The normalized spacial score (nSPS) is 20.8. The van der Waals surface area contributed by atoms with Crippen LogP contribution in [0.4, 0.5) is 8.78 Å². The average Bonchev–Trinajstić information content (AvgIpc) is 2.24. The lowest BCUT2D eigenvalue weighted by Gasteiger charge is -2.44. The summed E-state index contributed by atoms with van der Waals surface area (Å²) in [6.45, 7) is 3.24. The molecule has 1 aliphatic rings. The van der Waals surface area contributed by atoms with E-state index in [2.05, 4.69) is 0 Å². The maximum absolute atomic E-state index is 12.8. The monoisotopic (exact) mass is 290 g/mol. The summed E-state index contributed by atoms with van der Waals surface area (Å²) in [5.41, 5.74) is 0.172. The molecule has 0 bridgehead atoms. The minimum absolute atomic E-state index is 0.0489. The molecule has 19 heavy (non-hydrogen) atoms. The largest absolute Gasteiger partial charge is 0.296 e. The first-order valence-electron chi connectivity index (χ1n) is 5.96. The fourth-order valence-electron chi connectivity index (χ4n) is 2.29. The van der Waals surface area contributed by atoms with Crippen LogP contribution in [0.2, 0.25) is 0 Å². The van der Waals surface area contributed by atoms with Crippen molar-refractivity contribution < 1.29 is 21.4 Å². The number of hydrogen-bond donors (Lipinski definition) is 0. The van der Waals surface area contributed by atoms with Crippen molar-refractivity contribution in [3.05, 3.63) is 29.8 Å². The maximum Gasteiger partial charge on any atom is 0.296 e. The smallest absolute Gasteiger partial charge is 0.266 e. The van der Waals surface area contributed by atoms with E-state index in [0.29, 0.717) is 0 Å². The van der Waals surface area contributed by atoms with Crippen LogP contribution in [0.25, 0.3) is 0 Å². The summed E-state index contributed by atoms with van der Waals surface area (Å²) in [6.07, 6.45) is -0.660. The van der Waals surface area contributed by atoms with Gasteiger partial charge in [-0.3, -0.25) is 4.18 Å². The highest BCUT2D eigenvalue weighted by Crippen LogP contribution is 2.51. The van der Waals surface area contributed by atoms with Gasteiger partial charge in [-0.05, 0) is 19.1 Å². The van der Waals surface area contributed by atoms with Crippen molar-refractivity contribution in [1.82, 2.24) is 0 Å². The van der Waals surface area contributed by atoms with E-state index in [1.165, 1.54) is 12.1 Å². The van der Waals surface area contributed by atoms with E-state index in [0.717, 1.165) is 5.56 Å². The van der Waals surface area contributed by atoms with E-state index < -0.39 is 21.5 Å². The van der Waals surface area contributed by atoms with E-state index in [4.69, 9.17) is 4.18 Å². The second-order valence-corrected chi connectivity index (χ2v) is 7.16. The zero-order chi connectivity index (χ0) is 14.3. The van der Waals surface area contributed by atoms with E-state index >= 15 is 0 Å². The molecule has 2 rings (SSSR count). The molecule has 0 aliphatic heterocycles. The first-order chi connectivity index (χ1) is 8.62. The van der Waals surface area contributed by atoms with Crippen molar-refractivity contribution in [2.75, 3.05) is 6.61 Å². The van der Waals surface area contributed by atoms with Gasteiger partial charge in [0.2, 0.25) is 5.92 Å². The van der Waals surface area contributed by atoms with Gasteiger partial charge < -0.3 is 0 Å². The van der Waals surface area contributed by atoms with Crippen molar-refractivity contribution in [3.8, 4) is 0 Å². The molecule has 0 radical (unpaired) electrons. The van der Waals surface area contributed by atoms with Crippen LogP contribution in [0.15, 0.2) is 29.2 Å². The Labute approximate surface area is 111 Å². The first kappa shape index (κ1) is 14.4. The van der Waals surface area contributed by atoms with E-state index in [1.54, 1.807) is 19.1 Å². The minimum atomic E-state index is -3.87. The number of benzene rings is 1. The average molecular weight is 290 g/mol. The zero-order valence-electron chi connectivity index (χ0n) is 10.8. The number of halogens is 2. The molecule has 0 saturated heterocycles. The lowest BCUT2D eigenvalue weighted by atomic mass is 9.68. The minimum Gasteiger partial charge on any atom is -0.266 e. The number of rotatable bonds is 4. The number of aryl methyl sites for hydroxylation is 1. The van der Waals surface area contributed by atoms with Gasteiger partial charge in [-0.25, -0.2) is 8.78 Å². The predicted octanol–water partition coefficient (Wildman–Crippen LogP) is 3.14. The molecule has 1 aromatic rings. The molecule has 1 fully saturated rings. The van der Waals surface area contributed by atoms with Crippen molar-refractivity contribution in [3.63, 3.8) is 0 Å².